The van der Waals surface area contributed by atoms with Gasteiger partial charge in [0.1, 0.15) is 11.9 Å². The van der Waals surface area contributed by atoms with Crippen molar-refractivity contribution in [3.05, 3.63) is 59.5 Å². The summed E-state index contributed by atoms with van der Waals surface area (Å²) in [5, 5.41) is 10.5. The quantitative estimate of drug-likeness (QED) is 0.578. The van der Waals surface area contributed by atoms with Crippen molar-refractivity contribution in [2.24, 2.45) is 5.92 Å². The summed E-state index contributed by atoms with van der Waals surface area (Å²) in [6.07, 6.45) is 2.96. The van der Waals surface area contributed by atoms with Crippen LogP contribution < -0.4 is 4.90 Å². The first-order chi connectivity index (χ1) is 15.8. The molecule has 1 saturated heterocycles. The van der Waals surface area contributed by atoms with Gasteiger partial charge in [-0.1, -0.05) is 17.7 Å². The normalized spacial score (nSPS) is 17.1. The van der Waals surface area contributed by atoms with Gasteiger partial charge in [-0.05, 0) is 61.7 Å². The number of piperidine rings is 1. The molecule has 172 valence electrons. The number of hydrogen-bond donors (Lipinski definition) is 1. The standard InChI is InChI=1S/C25H25ClFN3O3/c1-15(24(31)30-11-3-4-16(14-30)25(32)33)29(2)18-6-8-21-19(9-10-28-23(21)13-18)20-7-5-17(27)12-22(20)26/h5-10,12-13,15-16H,3-4,11,14H2,1-2H3,(H,32,33)/t15-,16-/m0/s1. The van der Waals surface area contributed by atoms with E-state index in [-0.39, 0.29) is 12.5 Å². The number of halogens is 2. The van der Waals surface area contributed by atoms with Crippen LogP contribution in [0.1, 0.15) is 19.8 Å². The summed E-state index contributed by atoms with van der Waals surface area (Å²) < 4.78 is 13.5. The first-order valence-electron chi connectivity index (χ1n) is 10.8. The fraction of sp³-hybridized carbons (Fsp3) is 0.320. The van der Waals surface area contributed by atoms with Crippen LogP contribution in [0, 0.1) is 11.7 Å². The average molecular weight is 470 g/mol. The van der Waals surface area contributed by atoms with Crippen molar-refractivity contribution in [1.29, 1.82) is 0 Å². The van der Waals surface area contributed by atoms with E-state index in [1.54, 1.807) is 17.2 Å². The molecule has 1 aliphatic heterocycles. The molecule has 33 heavy (non-hydrogen) atoms. The van der Waals surface area contributed by atoms with Crippen LogP contribution in [0.2, 0.25) is 5.02 Å². The molecule has 1 N–H and O–H groups in total. The summed E-state index contributed by atoms with van der Waals surface area (Å²) in [5.41, 5.74) is 3.09. The molecule has 0 saturated carbocycles. The molecule has 1 aromatic heterocycles. The number of pyridine rings is 1. The molecule has 2 heterocycles. The lowest BCUT2D eigenvalue weighted by Crippen LogP contribution is -2.50. The second-order valence-electron chi connectivity index (χ2n) is 8.43. The van der Waals surface area contributed by atoms with Gasteiger partial charge in [-0.15, -0.1) is 0 Å². The summed E-state index contributed by atoms with van der Waals surface area (Å²) in [5.74, 6) is -1.86. The minimum Gasteiger partial charge on any atom is -0.481 e. The number of carboxylic acids is 1. The molecule has 4 rings (SSSR count). The predicted molar refractivity (Wildman–Crippen MR) is 127 cm³/mol. The Morgan fingerprint density at radius 1 is 1.21 bits per heavy atom. The molecule has 2 atom stereocenters. The van der Waals surface area contributed by atoms with Gasteiger partial charge in [0.25, 0.3) is 0 Å². The molecule has 1 amide bonds. The smallest absolute Gasteiger partial charge is 0.308 e. The van der Waals surface area contributed by atoms with Crippen molar-refractivity contribution in [1.82, 2.24) is 9.88 Å². The second kappa shape index (κ2) is 9.35. The number of benzene rings is 2. The third-order valence-electron chi connectivity index (χ3n) is 6.38. The largest absolute Gasteiger partial charge is 0.481 e. The van der Waals surface area contributed by atoms with E-state index in [9.17, 15) is 19.1 Å². The Morgan fingerprint density at radius 3 is 2.73 bits per heavy atom. The maximum atomic E-state index is 13.5. The number of fused-ring (bicyclic) bond motifs is 1. The zero-order valence-corrected chi connectivity index (χ0v) is 19.2. The number of anilines is 1. The van der Waals surface area contributed by atoms with Crippen LogP contribution in [0.5, 0.6) is 0 Å². The van der Waals surface area contributed by atoms with Crippen molar-refractivity contribution < 1.29 is 19.1 Å². The lowest BCUT2D eigenvalue weighted by Gasteiger charge is -2.35. The fourth-order valence-electron chi connectivity index (χ4n) is 4.33. The summed E-state index contributed by atoms with van der Waals surface area (Å²) in [7, 11) is 1.84. The third kappa shape index (κ3) is 4.64. The topological polar surface area (TPSA) is 73.7 Å². The Hall–Kier alpha value is -3.19. The number of aliphatic carboxylic acids is 1. The summed E-state index contributed by atoms with van der Waals surface area (Å²) in [6, 6.07) is 11.4. The predicted octanol–water partition coefficient (Wildman–Crippen LogP) is 4.84. The number of nitrogens with zero attached hydrogens (tertiary/aromatic N) is 3. The van der Waals surface area contributed by atoms with Crippen LogP contribution in [0.4, 0.5) is 10.1 Å². The Labute approximate surface area is 196 Å². The van der Waals surface area contributed by atoms with E-state index in [2.05, 4.69) is 4.98 Å². The van der Waals surface area contributed by atoms with Crippen molar-refractivity contribution in [3.8, 4) is 11.1 Å². The Morgan fingerprint density at radius 2 is 2.00 bits per heavy atom. The number of likely N-dealkylation sites (tertiary alicyclic amines) is 1. The van der Waals surface area contributed by atoms with E-state index in [1.165, 1.54) is 12.1 Å². The Kier molecular flexibility index (Phi) is 6.51. The molecule has 1 fully saturated rings. The van der Waals surface area contributed by atoms with Crippen LogP contribution in [0.15, 0.2) is 48.7 Å². The second-order valence-corrected chi connectivity index (χ2v) is 8.84. The van der Waals surface area contributed by atoms with Gasteiger partial charge in [-0.3, -0.25) is 14.6 Å². The number of likely N-dealkylation sites (N-methyl/N-ethyl adjacent to an activating group) is 1. The molecule has 0 radical (unpaired) electrons. The van der Waals surface area contributed by atoms with E-state index in [0.29, 0.717) is 30.0 Å². The first-order valence-corrected chi connectivity index (χ1v) is 11.2. The van der Waals surface area contributed by atoms with Crippen LogP contribution in [-0.2, 0) is 9.59 Å². The number of aromatic nitrogens is 1. The highest BCUT2D eigenvalue weighted by molar-refractivity contribution is 6.33. The molecule has 0 spiro atoms. The Bertz CT molecular complexity index is 1220. The van der Waals surface area contributed by atoms with Gasteiger partial charge in [0, 0.05) is 43.0 Å². The van der Waals surface area contributed by atoms with Gasteiger partial charge < -0.3 is 14.9 Å². The summed E-state index contributed by atoms with van der Waals surface area (Å²) in [4.78, 5) is 32.4. The van der Waals surface area contributed by atoms with Crippen LogP contribution >= 0.6 is 11.6 Å². The monoisotopic (exact) mass is 469 g/mol. The van der Waals surface area contributed by atoms with Crippen molar-refractivity contribution >= 4 is 40.1 Å². The van der Waals surface area contributed by atoms with E-state index >= 15 is 0 Å². The molecule has 2 aromatic carbocycles. The van der Waals surface area contributed by atoms with Gasteiger partial charge in [0.05, 0.1) is 16.5 Å². The molecule has 0 unspecified atom stereocenters. The van der Waals surface area contributed by atoms with E-state index < -0.39 is 23.7 Å². The lowest BCUT2D eigenvalue weighted by molar-refractivity contribution is -0.145. The third-order valence-corrected chi connectivity index (χ3v) is 6.69. The average Bonchev–Trinajstić information content (AvgIpc) is 2.82. The maximum absolute atomic E-state index is 13.5. The minimum atomic E-state index is -0.855. The highest BCUT2D eigenvalue weighted by Crippen LogP contribution is 2.34. The van der Waals surface area contributed by atoms with Gasteiger partial charge in [0.15, 0.2) is 0 Å². The molecular formula is C25H25ClFN3O3. The first kappa shape index (κ1) is 23.0. The SMILES string of the molecule is C[C@@H](C(=O)N1CCC[C@H](C(=O)O)C1)N(C)c1ccc2c(-c3ccc(F)cc3Cl)ccnc2c1. The van der Waals surface area contributed by atoms with Gasteiger partial charge in [-0.25, -0.2) is 4.39 Å². The van der Waals surface area contributed by atoms with Gasteiger partial charge >= 0.3 is 5.97 Å². The molecule has 0 bridgehead atoms. The van der Waals surface area contributed by atoms with Crippen LogP contribution in [0.25, 0.3) is 22.0 Å². The maximum Gasteiger partial charge on any atom is 0.308 e. The molecule has 0 aliphatic carbocycles. The van der Waals surface area contributed by atoms with Gasteiger partial charge in [0.2, 0.25) is 5.91 Å². The number of amides is 1. The van der Waals surface area contributed by atoms with Crippen molar-refractivity contribution in [2.45, 2.75) is 25.8 Å². The zero-order valence-electron chi connectivity index (χ0n) is 18.5. The molecule has 8 heteroatoms. The molecule has 6 nitrogen and oxygen atoms in total. The summed E-state index contributed by atoms with van der Waals surface area (Å²) >= 11 is 6.28. The lowest BCUT2D eigenvalue weighted by atomic mass is 9.97. The highest BCUT2D eigenvalue weighted by atomic mass is 35.5. The van der Waals surface area contributed by atoms with E-state index in [1.807, 2.05) is 43.1 Å². The fourth-order valence-corrected chi connectivity index (χ4v) is 4.60. The molecule has 1 aliphatic rings. The van der Waals surface area contributed by atoms with Crippen LogP contribution in [-0.4, -0.2) is 53.0 Å². The summed E-state index contributed by atoms with van der Waals surface area (Å²) in [6.45, 7) is 2.63. The molecule has 3 aromatic rings. The van der Waals surface area contributed by atoms with Gasteiger partial charge in [-0.2, -0.15) is 0 Å². The molecular weight excluding hydrogens is 445 g/mol. The minimum absolute atomic E-state index is 0.0941. The van der Waals surface area contributed by atoms with Crippen LogP contribution in [0.3, 0.4) is 0 Å². The highest BCUT2D eigenvalue weighted by Gasteiger charge is 2.31. The number of carbonyl (C=O) groups is 2. The van der Waals surface area contributed by atoms with E-state index in [4.69, 9.17) is 11.6 Å². The van der Waals surface area contributed by atoms with Crippen molar-refractivity contribution in [2.75, 3.05) is 25.0 Å². The Balaban J connectivity index is 1.59. The number of hydrogen-bond acceptors (Lipinski definition) is 4. The number of rotatable bonds is 5. The zero-order chi connectivity index (χ0) is 23.7. The number of carboxylic acid groups (broad SMARTS) is 1. The number of carbonyl (C=O) groups excluding carboxylic acids is 1. The van der Waals surface area contributed by atoms with Crippen molar-refractivity contribution in [3.63, 3.8) is 0 Å². The van der Waals surface area contributed by atoms with E-state index in [0.717, 1.165) is 22.2 Å².